The number of aromatic nitrogens is 2. The summed E-state index contributed by atoms with van der Waals surface area (Å²) in [6.07, 6.45) is -6.62. The highest BCUT2D eigenvalue weighted by atomic mass is 32.2. The number of Topliss-reactive ketones (excluding diaryl/α,β-unsaturated/α-hetero) is 1. The van der Waals surface area contributed by atoms with Crippen molar-refractivity contribution in [2.75, 3.05) is 18.2 Å². The Bertz CT molecular complexity index is 1110. The zero-order valence-corrected chi connectivity index (χ0v) is 18.3. The van der Waals surface area contributed by atoms with Crippen molar-refractivity contribution in [1.82, 2.24) is 10.2 Å². The lowest BCUT2D eigenvalue weighted by molar-refractivity contribution is -0.140. The topological polar surface area (TPSA) is 138 Å². The number of ether oxygens (including phenoxy) is 2. The third-order valence-electron chi connectivity index (χ3n) is 4.02. The molecular formula is C18H20F3N3O7S. The van der Waals surface area contributed by atoms with Gasteiger partial charge in [-0.05, 0) is 32.4 Å². The molecule has 0 saturated carbocycles. The lowest BCUT2D eigenvalue weighted by Gasteiger charge is -2.16. The lowest BCUT2D eigenvalue weighted by atomic mass is 9.99. The van der Waals surface area contributed by atoms with Gasteiger partial charge in [0.25, 0.3) is 0 Å². The normalized spacial score (nSPS) is 12.8. The van der Waals surface area contributed by atoms with Crippen molar-refractivity contribution in [3.63, 3.8) is 0 Å². The van der Waals surface area contributed by atoms with Gasteiger partial charge in [0.1, 0.15) is 0 Å². The van der Waals surface area contributed by atoms with Crippen molar-refractivity contribution in [2.24, 2.45) is 0 Å². The molecule has 0 fully saturated rings. The Kier molecular flexibility index (Phi) is 7.49. The Morgan fingerprint density at radius 3 is 2.47 bits per heavy atom. The van der Waals surface area contributed by atoms with E-state index in [4.69, 9.17) is 9.15 Å². The third-order valence-corrected chi connectivity index (χ3v) is 5.29. The molecule has 1 heterocycles. The Morgan fingerprint density at radius 2 is 1.91 bits per heavy atom. The van der Waals surface area contributed by atoms with Crippen molar-refractivity contribution >= 4 is 27.8 Å². The Balaban J connectivity index is 2.21. The van der Waals surface area contributed by atoms with Crippen molar-refractivity contribution in [2.45, 2.75) is 44.5 Å². The number of halogens is 3. The quantitative estimate of drug-likeness (QED) is 0.341. The van der Waals surface area contributed by atoms with E-state index >= 15 is 0 Å². The number of sulfone groups is 1. The number of nitrogens with zero attached hydrogens (tertiary/aromatic N) is 2. The van der Waals surface area contributed by atoms with Crippen LogP contribution >= 0.6 is 0 Å². The van der Waals surface area contributed by atoms with Crippen LogP contribution in [0, 0.1) is 6.92 Å². The Morgan fingerprint density at radius 1 is 1.25 bits per heavy atom. The summed E-state index contributed by atoms with van der Waals surface area (Å²) in [4.78, 5) is 22.9. The van der Waals surface area contributed by atoms with Crippen LogP contribution in [0.2, 0.25) is 0 Å². The lowest BCUT2D eigenvalue weighted by Crippen LogP contribution is -2.23. The molecule has 1 N–H and O–H groups in total. The van der Waals surface area contributed by atoms with E-state index in [-0.39, 0.29) is 29.6 Å². The standard InChI is InChI=1S/C18H20F3N3O7S/c1-5-29-17(26)30-10(3)22-16-24-23-14(31-16)8-13(25)11-6-7-12(18(19,20)21)15(9(11)2)32(4,27)28/h6-7,10H,5,8H2,1-4H3,(H,22,24). The highest BCUT2D eigenvalue weighted by Crippen LogP contribution is 2.37. The summed E-state index contributed by atoms with van der Waals surface area (Å²) in [6, 6.07) is 1.26. The summed E-state index contributed by atoms with van der Waals surface area (Å²) < 4.78 is 78.3. The van der Waals surface area contributed by atoms with Gasteiger partial charge in [0.2, 0.25) is 5.89 Å². The number of rotatable bonds is 8. The van der Waals surface area contributed by atoms with E-state index in [1.54, 1.807) is 6.92 Å². The average molecular weight is 479 g/mol. The second-order valence-electron chi connectivity index (χ2n) is 6.57. The summed E-state index contributed by atoms with van der Waals surface area (Å²) in [5.41, 5.74) is -1.92. The monoisotopic (exact) mass is 479 g/mol. The van der Waals surface area contributed by atoms with E-state index in [2.05, 4.69) is 20.3 Å². The van der Waals surface area contributed by atoms with Gasteiger partial charge in [0, 0.05) is 11.8 Å². The van der Waals surface area contributed by atoms with Gasteiger partial charge in [-0.15, -0.1) is 5.10 Å². The number of benzene rings is 1. The first kappa shape index (κ1) is 25.1. The highest BCUT2D eigenvalue weighted by molar-refractivity contribution is 7.90. The maximum Gasteiger partial charge on any atom is 0.510 e. The first-order valence-electron chi connectivity index (χ1n) is 9.10. The summed E-state index contributed by atoms with van der Waals surface area (Å²) in [6.45, 7) is 4.28. The number of carbonyl (C=O) groups excluding carboxylic acids is 2. The third kappa shape index (κ3) is 6.18. The molecule has 2 rings (SSSR count). The fraction of sp³-hybridized carbons (Fsp3) is 0.444. The van der Waals surface area contributed by atoms with Gasteiger partial charge in [-0.2, -0.15) is 13.2 Å². The van der Waals surface area contributed by atoms with Gasteiger partial charge in [0.05, 0.1) is 23.5 Å². The second-order valence-corrected chi connectivity index (χ2v) is 8.53. The number of carbonyl (C=O) groups is 2. The van der Waals surface area contributed by atoms with E-state index in [1.807, 2.05) is 0 Å². The summed E-state index contributed by atoms with van der Waals surface area (Å²) in [5.74, 6) is -0.923. The van der Waals surface area contributed by atoms with Crippen LogP contribution in [0.15, 0.2) is 21.4 Å². The number of alkyl halides is 3. The molecule has 0 saturated heterocycles. The summed E-state index contributed by atoms with van der Waals surface area (Å²) in [5, 5.41) is 9.81. The van der Waals surface area contributed by atoms with Gasteiger partial charge < -0.3 is 19.2 Å². The van der Waals surface area contributed by atoms with Crippen LogP contribution in [0.5, 0.6) is 0 Å². The summed E-state index contributed by atoms with van der Waals surface area (Å²) in [7, 11) is -4.29. The molecule has 1 aromatic heterocycles. The molecule has 10 nitrogen and oxygen atoms in total. The molecular weight excluding hydrogens is 459 g/mol. The fourth-order valence-electron chi connectivity index (χ4n) is 2.81. The average Bonchev–Trinajstić information content (AvgIpc) is 3.05. The van der Waals surface area contributed by atoms with E-state index in [0.717, 1.165) is 13.0 Å². The number of hydrogen-bond acceptors (Lipinski definition) is 10. The first-order valence-corrected chi connectivity index (χ1v) is 11.0. The number of nitrogens with one attached hydrogen (secondary N) is 1. The van der Waals surface area contributed by atoms with Gasteiger partial charge in [-0.25, -0.2) is 13.2 Å². The Labute approximate surface area is 181 Å². The van der Waals surface area contributed by atoms with E-state index < -0.39 is 51.1 Å². The highest BCUT2D eigenvalue weighted by Gasteiger charge is 2.38. The van der Waals surface area contributed by atoms with E-state index in [9.17, 15) is 31.2 Å². The molecule has 0 amide bonds. The molecule has 1 aromatic carbocycles. The number of hydrogen-bond donors (Lipinski definition) is 1. The zero-order chi connectivity index (χ0) is 24.3. The molecule has 0 spiro atoms. The minimum Gasteiger partial charge on any atom is -0.435 e. The smallest absolute Gasteiger partial charge is 0.435 e. The molecule has 0 aliphatic heterocycles. The Hall–Kier alpha value is -3.16. The second kappa shape index (κ2) is 9.54. The van der Waals surface area contributed by atoms with Gasteiger partial charge >= 0.3 is 18.3 Å². The van der Waals surface area contributed by atoms with Crippen LogP contribution in [0.3, 0.4) is 0 Å². The molecule has 0 aliphatic carbocycles. The molecule has 1 unspecified atom stereocenters. The predicted molar refractivity (Wildman–Crippen MR) is 103 cm³/mol. The van der Waals surface area contributed by atoms with E-state index in [0.29, 0.717) is 12.3 Å². The predicted octanol–water partition coefficient (Wildman–Crippen LogP) is 3.16. The molecule has 1 atom stereocenters. The molecule has 2 aromatic rings. The van der Waals surface area contributed by atoms with Crippen molar-refractivity contribution in [3.8, 4) is 0 Å². The molecule has 14 heteroatoms. The van der Waals surface area contributed by atoms with Crippen LogP contribution < -0.4 is 5.32 Å². The molecule has 0 aliphatic rings. The van der Waals surface area contributed by atoms with Crippen LogP contribution in [0.1, 0.15) is 41.2 Å². The maximum atomic E-state index is 13.2. The van der Waals surface area contributed by atoms with Crippen LogP contribution in [0.25, 0.3) is 0 Å². The van der Waals surface area contributed by atoms with E-state index in [1.165, 1.54) is 6.92 Å². The van der Waals surface area contributed by atoms with Crippen molar-refractivity contribution in [1.29, 1.82) is 0 Å². The van der Waals surface area contributed by atoms with Crippen molar-refractivity contribution in [3.05, 3.63) is 34.7 Å². The van der Waals surface area contributed by atoms with Gasteiger partial charge in [0.15, 0.2) is 21.8 Å². The number of ketones is 1. The summed E-state index contributed by atoms with van der Waals surface area (Å²) >= 11 is 0. The largest absolute Gasteiger partial charge is 0.510 e. The number of anilines is 1. The molecule has 0 radical (unpaired) electrons. The van der Waals surface area contributed by atoms with Crippen molar-refractivity contribution < 1.29 is 45.1 Å². The van der Waals surface area contributed by atoms with Crippen LogP contribution in [-0.4, -0.2) is 49.6 Å². The molecule has 0 bridgehead atoms. The first-order chi connectivity index (χ1) is 14.7. The SMILES string of the molecule is CCOC(=O)OC(C)Nc1nnc(CC(=O)c2ccc(C(F)(F)F)c(S(C)(=O)=O)c2C)o1. The fourth-order valence-corrected chi connectivity index (χ4v) is 4.06. The maximum absolute atomic E-state index is 13.2. The van der Waals surface area contributed by atoms with Gasteiger partial charge in [-0.3, -0.25) is 4.79 Å². The zero-order valence-electron chi connectivity index (χ0n) is 17.4. The van der Waals surface area contributed by atoms with Crippen LogP contribution in [-0.2, 0) is 31.9 Å². The molecule has 32 heavy (non-hydrogen) atoms. The molecule has 176 valence electrons. The van der Waals surface area contributed by atoms with Gasteiger partial charge in [-0.1, -0.05) is 11.2 Å². The minimum absolute atomic E-state index is 0.114. The minimum atomic E-state index is -4.92. The van der Waals surface area contributed by atoms with Crippen LogP contribution in [0.4, 0.5) is 24.0 Å².